The summed E-state index contributed by atoms with van der Waals surface area (Å²) in [6.45, 7) is 8.71. The van der Waals surface area contributed by atoms with Crippen molar-refractivity contribution in [1.29, 1.82) is 0 Å². The van der Waals surface area contributed by atoms with E-state index in [2.05, 4.69) is 44.8 Å². The van der Waals surface area contributed by atoms with Gasteiger partial charge in [0.25, 0.3) is 0 Å². The Morgan fingerprint density at radius 3 is 2.46 bits per heavy atom. The molecule has 9 heteroatoms. The zero-order valence-electron chi connectivity index (χ0n) is 17.0. The fraction of sp³-hybridized carbons (Fsp3) is 0.632. The number of morpholine rings is 1. The van der Waals surface area contributed by atoms with Gasteiger partial charge in [-0.3, -0.25) is 0 Å². The number of nitrogens with one attached hydrogen (secondary N) is 2. The molecule has 0 spiro atoms. The van der Waals surface area contributed by atoms with Crippen LogP contribution in [-0.2, 0) is 21.1 Å². The lowest BCUT2D eigenvalue weighted by Crippen LogP contribution is -2.42. The molecule has 0 bridgehead atoms. The second kappa shape index (κ2) is 12.5. The number of benzene rings is 1. The second-order valence-electron chi connectivity index (χ2n) is 6.92. The Balaban J connectivity index is 0.00000392. The molecule has 1 unspecified atom stereocenters. The molecule has 7 nitrogen and oxygen atoms in total. The Kier molecular flexibility index (Phi) is 11.1. The van der Waals surface area contributed by atoms with Crippen molar-refractivity contribution in [2.45, 2.75) is 32.9 Å². The Morgan fingerprint density at radius 2 is 1.89 bits per heavy atom. The molecule has 1 aliphatic rings. The van der Waals surface area contributed by atoms with Gasteiger partial charge in [-0.05, 0) is 38.0 Å². The number of ether oxygens (including phenoxy) is 1. The van der Waals surface area contributed by atoms with E-state index in [1.165, 1.54) is 11.9 Å². The van der Waals surface area contributed by atoms with E-state index in [4.69, 9.17) is 4.74 Å². The van der Waals surface area contributed by atoms with Gasteiger partial charge in [-0.2, -0.15) is 0 Å². The summed E-state index contributed by atoms with van der Waals surface area (Å²) in [5, 5.41) is 6.49. The van der Waals surface area contributed by atoms with E-state index in [0.29, 0.717) is 18.9 Å². The topological polar surface area (TPSA) is 83.0 Å². The third kappa shape index (κ3) is 9.42. The highest BCUT2D eigenvalue weighted by Gasteiger charge is 2.11. The zero-order valence-corrected chi connectivity index (χ0v) is 20.1. The lowest BCUT2D eigenvalue weighted by atomic mass is 10.2. The Bertz CT molecular complexity index is 704. The summed E-state index contributed by atoms with van der Waals surface area (Å²) in [6, 6.07) is 8.49. The normalized spacial score (nSPS) is 16.2. The first-order chi connectivity index (χ1) is 12.9. The van der Waals surface area contributed by atoms with Gasteiger partial charge in [-0.1, -0.05) is 12.1 Å². The van der Waals surface area contributed by atoms with Gasteiger partial charge in [-0.25, -0.2) is 13.4 Å². The van der Waals surface area contributed by atoms with Crippen LogP contribution in [-0.4, -0.2) is 65.3 Å². The maximum Gasteiger partial charge on any atom is 0.191 e. The quantitative estimate of drug-likeness (QED) is 0.308. The molecule has 1 fully saturated rings. The van der Waals surface area contributed by atoms with Gasteiger partial charge >= 0.3 is 0 Å². The van der Waals surface area contributed by atoms with E-state index in [0.717, 1.165) is 38.4 Å². The van der Waals surface area contributed by atoms with E-state index < -0.39 is 9.84 Å². The van der Waals surface area contributed by atoms with Crippen LogP contribution in [0, 0.1) is 0 Å². The fourth-order valence-corrected chi connectivity index (χ4v) is 3.60. The molecule has 1 aliphatic heterocycles. The van der Waals surface area contributed by atoms with Crippen LogP contribution < -0.4 is 15.5 Å². The number of nitrogens with zero attached hydrogens (tertiary/aromatic N) is 2. The Labute approximate surface area is 186 Å². The van der Waals surface area contributed by atoms with Crippen molar-refractivity contribution in [2.75, 3.05) is 49.8 Å². The van der Waals surface area contributed by atoms with Crippen molar-refractivity contribution in [2.24, 2.45) is 4.99 Å². The smallest absolute Gasteiger partial charge is 0.191 e. The third-order valence-corrected chi connectivity index (χ3v) is 5.36. The van der Waals surface area contributed by atoms with Crippen molar-refractivity contribution >= 4 is 45.5 Å². The van der Waals surface area contributed by atoms with Crippen LogP contribution >= 0.6 is 24.0 Å². The predicted octanol–water partition coefficient (Wildman–Crippen LogP) is 2.02. The number of sulfone groups is 1. The minimum absolute atomic E-state index is 0. The molecule has 1 heterocycles. The van der Waals surface area contributed by atoms with E-state index in [1.807, 2.05) is 13.8 Å². The Morgan fingerprint density at radius 1 is 1.25 bits per heavy atom. The lowest BCUT2D eigenvalue weighted by Gasteiger charge is -2.28. The number of anilines is 1. The highest BCUT2D eigenvalue weighted by molar-refractivity contribution is 14.0. The first-order valence-corrected chi connectivity index (χ1v) is 11.6. The second-order valence-corrected chi connectivity index (χ2v) is 9.18. The minimum atomic E-state index is -2.95. The molecule has 1 aromatic rings. The summed E-state index contributed by atoms with van der Waals surface area (Å²) < 4.78 is 28.0. The molecule has 0 saturated carbocycles. The van der Waals surface area contributed by atoms with Gasteiger partial charge in [0.1, 0.15) is 9.84 Å². The summed E-state index contributed by atoms with van der Waals surface area (Å²) in [5.41, 5.74) is 2.35. The SMILES string of the molecule is CCNC(=NCc1ccc(N2CCOCC2)cc1)NC(C)CCS(C)(=O)=O.I. The van der Waals surface area contributed by atoms with Gasteiger partial charge < -0.3 is 20.3 Å². The number of hydrogen-bond acceptors (Lipinski definition) is 5. The van der Waals surface area contributed by atoms with Crippen molar-refractivity contribution in [3.63, 3.8) is 0 Å². The first-order valence-electron chi connectivity index (χ1n) is 9.51. The average Bonchev–Trinajstić information content (AvgIpc) is 2.65. The van der Waals surface area contributed by atoms with Crippen LogP contribution in [0.3, 0.4) is 0 Å². The molecule has 2 N–H and O–H groups in total. The average molecular weight is 524 g/mol. The van der Waals surface area contributed by atoms with Crippen LogP contribution in [0.15, 0.2) is 29.3 Å². The van der Waals surface area contributed by atoms with Gasteiger partial charge in [0.2, 0.25) is 0 Å². The van der Waals surface area contributed by atoms with E-state index in [9.17, 15) is 8.42 Å². The maximum absolute atomic E-state index is 11.3. The predicted molar refractivity (Wildman–Crippen MR) is 127 cm³/mol. The molecule has 2 rings (SSSR count). The molecule has 28 heavy (non-hydrogen) atoms. The van der Waals surface area contributed by atoms with Crippen LogP contribution in [0.4, 0.5) is 5.69 Å². The molecular weight excluding hydrogens is 491 g/mol. The van der Waals surface area contributed by atoms with Crippen molar-refractivity contribution in [3.05, 3.63) is 29.8 Å². The standard InChI is InChI=1S/C19H32N4O3S.HI/c1-4-20-19(22-16(2)9-14-27(3,24)25)21-15-17-5-7-18(8-6-17)23-10-12-26-13-11-23;/h5-8,16H,4,9-15H2,1-3H3,(H2,20,21,22);1H. The van der Waals surface area contributed by atoms with Crippen LogP contribution in [0.25, 0.3) is 0 Å². The molecular formula is C19H33IN4O3S. The number of halogens is 1. The largest absolute Gasteiger partial charge is 0.378 e. The first kappa shape index (κ1) is 25.0. The van der Waals surface area contributed by atoms with Gasteiger partial charge in [0.15, 0.2) is 5.96 Å². The van der Waals surface area contributed by atoms with Crippen molar-refractivity contribution in [1.82, 2.24) is 10.6 Å². The summed E-state index contributed by atoms with van der Waals surface area (Å²) in [5.74, 6) is 0.875. The van der Waals surface area contributed by atoms with Gasteiger partial charge in [0, 0.05) is 37.6 Å². The highest BCUT2D eigenvalue weighted by atomic mass is 127. The highest BCUT2D eigenvalue weighted by Crippen LogP contribution is 2.17. The zero-order chi connectivity index (χ0) is 19.7. The lowest BCUT2D eigenvalue weighted by molar-refractivity contribution is 0.122. The van der Waals surface area contributed by atoms with Gasteiger partial charge in [0.05, 0.1) is 25.5 Å². The summed E-state index contributed by atoms with van der Waals surface area (Å²) in [6.07, 6.45) is 1.82. The van der Waals surface area contributed by atoms with Crippen LogP contribution in [0.2, 0.25) is 0 Å². The van der Waals surface area contributed by atoms with Gasteiger partial charge in [-0.15, -0.1) is 24.0 Å². The summed E-state index contributed by atoms with van der Waals surface area (Å²) in [7, 11) is -2.95. The molecule has 1 saturated heterocycles. The van der Waals surface area contributed by atoms with Crippen molar-refractivity contribution < 1.29 is 13.2 Å². The molecule has 0 radical (unpaired) electrons. The minimum Gasteiger partial charge on any atom is -0.378 e. The summed E-state index contributed by atoms with van der Waals surface area (Å²) >= 11 is 0. The number of rotatable bonds is 8. The third-order valence-electron chi connectivity index (χ3n) is 4.38. The summed E-state index contributed by atoms with van der Waals surface area (Å²) in [4.78, 5) is 6.95. The van der Waals surface area contributed by atoms with E-state index in [-0.39, 0.29) is 35.8 Å². The molecule has 0 aliphatic carbocycles. The monoisotopic (exact) mass is 524 g/mol. The number of aliphatic imine (C=N–C) groups is 1. The molecule has 0 aromatic heterocycles. The van der Waals surface area contributed by atoms with Crippen LogP contribution in [0.1, 0.15) is 25.8 Å². The van der Waals surface area contributed by atoms with E-state index >= 15 is 0 Å². The number of guanidine groups is 1. The van der Waals surface area contributed by atoms with Crippen LogP contribution in [0.5, 0.6) is 0 Å². The molecule has 1 atom stereocenters. The maximum atomic E-state index is 11.3. The van der Waals surface area contributed by atoms with Crippen molar-refractivity contribution in [3.8, 4) is 0 Å². The fourth-order valence-electron chi connectivity index (χ4n) is 2.82. The van der Waals surface area contributed by atoms with E-state index in [1.54, 1.807) is 0 Å². The molecule has 160 valence electrons. The number of hydrogen-bond donors (Lipinski definition) is 2. The molecule has 0 amide bonds. The molecule has 1 aromatic carbocycles. The Hall–Kier alpha value is -1.07.